The molecule has 0 bridgehead atoms. The van der Waals surface area contributed by atoms with E-state index in [2.05, 4.69) is 13.8 Å². The normalized spacial score (nSPS) is 45.0. The van der Waals surface area contributed by atoms with Crippen LogP contribution < -0.4 is 0 Å². The number of esters is 1. The van der Waals surface area contributed by atoms with Crippen molar-refractivity contribution in [2.24, 2.45) is 35.0 Å². The Hall–Kier alpha value is -1.32. The Morgan fingerprint density at radius 1 is 1.08 bits per heavy atom. The maximum absolute atomic E-state index is 13.4. The van der Waals surface area contributed by atoms with Gasteiger partial charge in [-0.1, -0.05) is 48.5 Å². The molecule has 0 saturated carbocycles. The van der Waals surface area contributed by atoms with Crippen LogP contribution in [0.3, 0.4) is 0 Å². The number of ether oxygens (including phenoxy) is 3. The van der Waals surface area contributed by atoms with Gasteiger partial charge in [0.05, 0.1) is 30.8 Å². The summed E-state index contributed by atoms with van der Waals surface area (Å²) >= 11 is 0. The number of allylic oxidation sites excluding steroid dienone is 1. The van der Waals surface area contributed by atoms with Crippen LogP contribution in [0.15, 0.2) is 11.6 Å². The molecule has 2 rings (SSSR count). The van der Waals surface area contributed by atoms with Gasteiger partial charge < -0.3 is 29.5 Å². The van der Waals surface area contributed by atoms with Gasteiger partial charge in [0.15, 0.2) is 12.1 Å². The van der Waals surface area contributed by atoms with E-state index in [1.165, 1.54) is 6.08 Å². The molecule has 3 N–H and O–H groups in total. The summed E-state index contributed by atoms with van der Waals surface area (Å²) in [6, 6.07) is 0. The first-order chi connectivity index (χ1) is 17.5. The molecule has 0 spiro atoms. The molecular weight excluding hydrogens is 488 g/mol. The van der Waals surface area contributed by atoms with Crippen LogP contribution in [0.2, 0.25) is 0 Å². The van der Waals surface area contributed by atoms with Crippen LogP contribution in [0, 0.1) is 35.0 Å². The highest BCUT2D eigenvalue weighted by atomic mass is 16.7. The molecule has 1 saturated heterocycles. The van der Waals surface area contributed by atoms with Gasteiger partial charge in [-0.25, -0.2) is 0 Å². The molecule has 0 aromatic heterocycles. The fourth-order valence-electron chi connectivity index (χ4n) is 6.37. The lowest BCUT2D eigenvalue weighted by atomic mass is 9.70. The summed E-state index contributed by atoms with van der Waals surface area (Å²) in [6.45, 7) is 18.2. The van der Waals surface area contributed by atoms with Gasteiger partial charge >= 0.3 is 5.97 Å². The smallest absolute Gasteiger partial charge is 0.311 e. The number of Topliss-reactive ketones (excluding diaryl/α,β-unsaturated/α-hetero) is 1. The van der Waals surface area contributed by atoms with Gasteiger partial charge in [-0.2, -0.15) is 0 Å². The van der Waals surface area contributed by atoms with Crippen molar-refractivity contribution in [2.75, 3.05) is 6.61 Å². The Kier molecular flexibility index (Phi) is 11.2. The van der Waals surface area contributed by atoms with E-state index in [0.717, 1.165) is 6.42 Å². The molecule has 8 nitrogen and oxygen atoms in total. The molecule has 0 radical (unpaired) electrons. The van der Waals surface area contributed by atoms with Crippen molar-refractivity contribution in [3.05, 3.63) is 11.6 Å². The lowest BCUT2D eigenvalue weighted by Gasteiger charge is -2.46. The summed E-state index contributed by atoms with van der Waals surface area (Å²) in [5, 5.41) is 32.6. The van der Waals surface area contributed by atoms with Crippen molar-refractivity contribution in [2.45, 2.75) is 125 Å². The highest BCUT2D eigenvalue weighted by Crippen LogP contribution is 2.42. The molecule has 0 amide bonds. The van der Waals surface area contributed by atoms with E-state index in [1.54, 1.807) is 20.8 Å². The monoisotopic (exact) mass is 540 g/mol. The van der Waals surface area contributed by atoms with Crippen molar-refractivity contribution in [3.63, 3.8) is 0 Å². The Bertz CT molecular complexity index is 853. The summed E-state index contributed by atoms with van der Waals surface area (Å²) in [6.07, 6.45) is -0.288. The number of carbonyl (C=O) groups is 2. The zero-order valence-electron chi connectivity index (χ0n) is 25.1. The summed E-state index contributed by atoms with van der Waals surface area (Å²) in [5.74, 6) is -2.19. The molecule has 220 valence electrons. The zero-order chi connectivity index (χ0) is 29.2. The second-order valence-corrected chi connectivity index (χ2v) is 12.9. The number of ketones is 1. The van der Waals surface area contributed by atoms with Gasteiger partial charge in [0.2, 0.25) is 0 Å². The standard InChI is InChI=1S/C30H52O8/c1-11-23-30(35,15-31)14-18(4)24(32)17(3)13-29(9,10)26(21(7)25(33)22(8)27(34)37-23)38-28-20(6)16(2)12-19(5)36-28/h14,16-17,19-23,25-26,28,31,33,35H,11-13,15H2,1-10H3/b18-14+/t16-,17+,19+,20+,21-,22+,23+,25-,26+,28?,30+/m0/s1. The molecule has 2 heterocycles. The third-order valence-corrected chi connectivity index (χ3v) is 8.92. The third-order valence-electron chi connectivity index (χ3n) is 8.92. The number of hydrogen-bond donors (Lipinski definition) is 3. The summed E-state index contributed by atoms with van der Waals surface area (Å²) < 4.78 is 18.6. The minimum Gasteiger partial charge on any atom is -0.459 e. The minimum absolute atomic E-state index is 0.0338. The van der Waals surface area contributed by atoms with Gasteiger partial charge in [-0.3, -0.25) is 9.59 Å². The van der Waals surface area contributed by atoms with Crippen LogP contribution in [0.5, 0.6) is 0 Å². The number of rotatable bonds is 4. The van der Waals surface area contributed by atoms with Crippen LogP contribution in [-0.4, -0.2) is 70.0 Å². The van der Waals surface area contributed by atoms with E-state index in [9.17, 15) is 24.9 Å². The van der Waals surface area contributed by atoms with Crippen molar-refractivity contribution >= 4 is 11.8 Å². The maximum Gasteiger partial charge on any atom is 0.311 e. The van der Waals surface area contributed by atoms with E-state index in [4.69, 9.17) is 14.2 Å². The van der Waals surface area contributed by atoms with Crippen LogP contribution in [0.25, 0.3) is 0 Å². The second-order valence-electron chi connectivity index (χ2n) is 12.9. The molecule has 1 fully saturated rings. The maximum atomic E-state index is 13.4. The highest BCUT2D eigenvalue weighted by molar-refractivity contribution is 5.96. The van der Waals surface area contributed by atoms with E-state index in [0.29, 0.717) is 17.9 Å². The quantitative estimate of drug-likeness (QED) is 0.457. The van der Waals surface area contributed by atoms with Crippen molar-refractivity contribution < 1.29 is 39.1 Å². The first-order valence-electron chi connectivity index (χ1n) is 14.2. The lowest BCUT2D eigenvalue weighted by Crippen LogP contribution is -2.52. The Morgan fingerprint density at radius 2 is 1.68 bits per heavy atom. The van der Waals surface area contributed by atoms with Crippen LogP contribution in [0.1, 0.15) is 88.5 Å². The number of aliphatic hydroxyl groups is 3. The Labute approximate surface area is 229 Å². The predicted octanol–water partition coefficient (Wildman–Crippen LogP) is 4.04. The average molecular weight is 541 g/mol. The van der Waals surface area contributed by atoms with Gasteiger partial charge in [-0.05, 0) is 63.0 Å². The van der Waals surface area contributed by atoms with E-state index >= 15 is 0 Å². The number of carbonyl (C=O) groups excluding carboxylic acids is 2. The van der Waals surface area contributed by atoms with Crippen LogP contribution in [0.4, 0.5) is 0 Å². The molecule has 8 heteroatoms. The SMILES string of the molecule is CC[C@H]1OC(=O)[C@H](C)[C@@H](O)[C@H](C)[C@@H](OC2O[C@H](C)C[C@H](C)[C@H]2C)C(C)(C)C[C@@H](C)C(=O)/C(C)=C/[C@@]1(O)CO. The average Bonchev–Trinajstić information content (AvgIpc) is 2.85. The Balaban J connectivity index is 2.56. The molecular formula is C30H52O8. The number of hydrogen-bond acceptors (Lipinski definition) is 8. The summed E-state index contributed by atoms with van der Waals surface area (Å²) in [4.78, 5) is 26.6. The van der Waals surface area contributed by atoms with Gasteiger partial charge in [0.1, 0.15) is 11.7 Å². The van der Waals surface area contributed by atoms with Gasteiger partial charge in [-0.15, -0.1) is 0 Å². The molecule has 0 aromatic carbocycles. The fourth-order valence-corrected chi connectivity index (χ4v) is 6.37. The van der Waals surface area contributed by atoms with Gasteiger partial charge in [0.25, 0.3) is 0 Å². The molecule has 38 heavy (non-hydrogen) atoms. The topological polar surface area (TPSA) is 123 Å². The molecule has 2 aliphatic heterocycles. The number of aliphatic hydroxyl groups excluding tert-OH is 2. The van der Waals surface area contributed by atoms with Crippen molar-refractivity contribution in [1.82, 2.24) is 0 Å². The molecule has 0 aromatic rings. The highest BCUT2D eigenvalue weighted by Gasteiger charge is 2.47. The van der Waals surface area contributed by atoms with E-state index < -0.39 is 65.9 Å². The number of cyclic esters (lactones) is 1. The second kappa shape index (κ2) is 12.9. The summed E-state index contributed by atoms with van der Waals surface area (Å²) in [7, 11) is 0. The van der Waals surface area contributed by atoms with Crippen LogP contribution in [-0.2, 0) is 23.8 Å². The van der Waals surface area contributed by atoms with Gasteiger partial charge in [0, 0.05) is 17.8 Å². The molecule has 1 unspecified atom stereocenters. The molecule has 2 aliphatic rings. The first kappa shape index (κ1) is 32.9. The molecule has 11 atom stereocenters. The van der Waals surface area contributed by atoms with Crippen LogP contribution >= 0.6 is 0 Å². The molecule has 0 aliphatic carbocycles. The lowest BCUT2D eigenvalue weighted by molar-refractivity contribution is -0.273. The fraction of sp³-hybridized carbons (Fsp3) is 0.867. The third kappa shape index (κ3) is 7.25. The zero-order valence-corrected chi connectivity index (χ0v) is 25.1. The van der Waals surface area contributed by atoms with E-state index in [1.807, 2.05) is 34.6 Å². The van der Waals surface area contributed by atoms with Crippen molar-refractivity contribution in [3.8, 4) is 0 Å². The predicted molar refractivity (Wildman–Crippen MR) is 145 cm³/mol. The first-order valence-corrected chi connectivity index (χ1v) is 14.2. The van der Waals surface area contributed by atoms with E-state index in [-0.39, 0.29) is 24.2 Å². The van der Waals surface area contributed by atoms with Crippen molar-refractivity contribution in [1.29, 1.82) is 0 Å². The summed E-state index contributed by atoms with van der Waals surface area (Å²) in [5.41, 5.74) is -2.22. The minimum atomic E-state index is -1.92. The largest absolute Gasteiger partial charge is 0.459 e. The Morgan fingerprint density at radius 3 is 2.24 bits per heavy atom.